The first-order valence-corrected chi connectivity index (χ1v) is 6.67. The predicted molar refractivity (Wildman–Crippen MR) is 70.1 cm³/mol. The van der Waals surface area contributed by atoms with E-state index < -0.39 is 18.0 Å². The molecule has 0 bridgehead atoms. The van der Waals surface area contributed by atoms with Gasteiger partial charge in [0.05, 0.1) is 12.7 Å². The van der Waals surface area contributed by atoms with Crippen molar-refractivity contribution in [2.75, 3.05) is 32.8 Å². The number of rotatable bonds is 6. The van der Waals surface area contributed by atoms with E-state index in [1.807, 2.05) is 0 Å². The van der Waals surface area contributed by atoms with Crippen LogP contribution in [0.4, 0.5) is 4.79 Å². The van der Waals surface area contributed by atoms with E-state index in [1.165, 1.54) is 0 Å². The summed E-state index contributed by atoms with van der Waals surface area (Å²) >= 11 is 0. The van der Waals surface area contributed by atoms with Crippen LogP contribution in [-0.2, 0) is 9.53 Å². The number of hydrogen-bond donors (Lipinski definition) is 3. The minimum Gasteiger partial charge on any atom is -0.480 e. The Kier molecular flexibility index (Phi) is 6.58. The predicted octanol–water partition coefficient (Wildman–Crippen LogP) is -0.130. The van der Waals surface area contributed by atoms with E-state index in [-0.39, 0.29) is 6.10 Å². The van der Waals surface area contributed by atoms with Crippen molar-refractivity contribution in [3.8, 4) is 0 Å². The summed E-state index contributed by atoms with van der Waals surface area (Å²) in [7, 11) is 0. The summed E-state index contributed by atoms with van der Waals surface area (Å²) in [5, 5.41) is 13.9. The average Bonchev–Trinajstić information content (AvgIpc) is 2.42. The molecule has 1 rings (SSSR count). The van der Waals surface area contributed by atoms with Crippen molar-refractivity contribution in [1.29, 1.82) is 0 Å². The Morgan fingerprint density at radius 3 is 2.79 bits per heavy atom. The van der Waals surface area contributed by atoms with Crippen LogP contribution in [0, 0.1) is 0 Å². The van der Waals surface area contributed by atoms with Crippen LogP contribution < -0.4 is 10.6 Å². The van der Waals surface area contributed by atoms with E-state index in [1.54, 1.807) is 6.92 Å². The topological polar surface area (TPSA) is 90.9 Å². The number of likely N-dealkylation sites (N-methyl/N-ethyl adjacent to an activating group) is 1. The largest absolute Gasteiger partial charge is 0.480 e. The lowest BCUT2D eigenvalue weighted by Gasteiger charge is -2.32. The number of carbonyl (C=O) groups excluding carboxylic acids is 1. The molecule has 110 valence electrons. The Bertz CT molecular complexity index is 311. The summed E-state index contributed by atoms with van der Waals surface area (Å²) in [6.07, 6.45) is 0.316. The summed E-state index contributed by atoms with van der Waals surface area (Å²) < 4.78 is 5.54. The van der Waals surface area contributed by atoms with Crippen LogP contribution >= 0.6 is 0 Å². The first-order chi connectivity index (χ1) is 9.06. The van der Waals surface area contributed by atoms with Gasteiger partial charge in [0.25, 0.3) is 0 Å². The highest BCUT2D eigenvalue weighted by Crippen LogP contribution is 2.03. The number of urea groups is 1. The van der Waals surface area contributed by atoms with E-state index in [9.17, 15) is 9.59 Å². The Labute approximate surface area is 113 Å². The number of hydrogen-bond acceptors (Lipinski definition) is 4. The molecule has 19 heavy (non-hydrogen) atoms. The van der Waals surface area contributed by atoms with Crippen LogP contribution in [-0.4, -0.2) is 66.9 Å². The molecule has 0 aromatic heterocycles. The molecule has 0 aromatic rings. The van der Waals surface area contributed by atoms with Gasteiger partial charge in [-0.05, 0) is 13.0 Å². The fourth-order valence-electron chi connectivity index (χ4n) is 1.95. The molecular formula is C12H23N3O4. The molecule has 1 heterocycles. The Balaban J connectivity index is 2.27. The number of carboxylic acid groups (broad SMARTS) is 1. The number of carbonyl (C=O) groups is 2. The van der Waals surface area contributed by atoms with E-state index in [0.29, 0.717) is 19.6 Å². The zero-order valence-corrected chi connectivity index (χ0v) is 11.5. The van der Waals surface area contributed by atoms with E-state index in [2.05, 4.69) is 22.5 Å². The lowest BCUT2D eigenvalue weighted by Crippen LogP contribution is -2.51. The normalized spacial score (nSPS) is 21.7. The number of amides is 2. The molecule has 3 N–H and O–H groups in total. The number of aliphatic carboxylic acids is 1. The third-order valence-corrected chi connectivity index (χ3v) is 3.17. The molecule has 1 aliphatic heterocycles. The zero-order chi connectivity index (χ0) is 14.3. The summed E-state index contributed by atoms with van der Waals surface area (Å²) in [5.41, 5.74) is 0. The van der Waals surface area contributed by atoms with Crippen molar-refractivity contribution in [3.05, 3.63) is 0 Å². The van der Waals surface area contributed by atoms with Gasteiger partial charge in [0.15, 0.2) is 0 Å². The molecule has 2 unspecified atom stereocenters. The standard InChI is InChI=1S/C12H23N3O4/c1-3-10(11(16)17)14-12(18)13-7-9-8-15(4-2)5-6-19-9/h9-10H,3-8H2,1-2H3,(H,16,17)(H2,13,14,18). The third-order valence-electron chi connectivity index (χ3n) is 3.17. The second-order valence-electron chi connectivity index (χ2n) is 4.54. The summed E-state index contributed by atoms with van der Waals surface area (Å²) in [6.45, 7) is 7.50. The van der Waals surface area contributed by atoms with Crippen LogP contribution in [0.15, 0.2) is 0 Å². The third kappa shape index (κ3) is 5.44. The molecule has 1 saturated heterocycles. The molecule has 2 atom stereocenters. The maximum absolute atomic E-state index is 11.6. The molecule has 0 aromatic carbocycles. The zero-order valence-electron chi connectivity index (χ0n) is 11.5. The molecule has 0 aliphatic carbocycles. The quantitative estimate of drug-likeness (QED) is 0.627. The molecule has 0 spiro atoms. The minimum atomic E-state index is -1.02. The van der Waals surface area contributed by atoms with Gasteiger partial charge in [-0.1, -0.05) is 13.8 Å². The van der Waals surface area contributed by atoms with Crippen molar-refractivity contribution in [3.63, 3.8) is 0 Å². The average molecular weight is 273 g/mol. The van der Waals surface area contributed by atoms with Crippen LogP contribution in [0.25, 0.3) is 0 Å². The summed E-state index contributed by atoms with van der Waals surface area (Å²) in [5.74, 6) is -1.02. The van der Waals surface area contributed by atoms with Gasteiger partial charge >= 0.3 is 12.0 Å². The van der Waals surface area contributed by atoms with Crippen LogP contribution in [0.2, 0.25) is 0 Å². The molecule has 0 saturated carbocycles. The van der Waals surface area contributed by atoms with Gasteiger partial charge < -0.3 is 20.5 Å². The van der Waals surface area contributed by atoms with Gasteiger partial charge in [-0.15, -0.1) is 0 Å². The number of nitrogens with zero attached hydrogens (tertiary/aromatic N) is 1. The minimum absolute atomic E-state index is 0.0376. The van der Waals surface area contributed by atoms with Gasteiger partial charge in [-0.2, -0.15) is 0 Å². The molecule has 7 nitrogen and oxygen atoms in total. The number of ether oxygens (including phenoxy) is 1. The molecule has 0 radical (unpaired) electrons. The lowest BCUT2D eigenvalue weighted by molar-refractivity contribution is -0.139. The SMILES string of the molecule is CCC(NC(=O)NCC1CN(CC)CCO1)C(=O)O. The number of morpholine rings is 1. The van der Waals surface area contributed by atoms with E-state index >= 15 is 0 Å². The van der Waals surface area contributed by atoms with Gasteiger partial charge in [0.2, 0.25) is 0 Å². The second-order valence-corrected chi connectivity index (χ2v) is 4.54. The Morgan fingerprint density at radius 2 is 2.21 bits per heavy atom. The summed E-state index contributed by atoms with van der Waals surface area (Å²) in [4.78, 5) is 24.6. The first-order valence-electron chi connectivity index (χ1n) is 6.67. The molecule has 7 heteroatoms. The van der Waals surface area contributed by atoms with Crippen LogP contribution in [0.1, 0.15) is 20.3 Å². The number of carboxylic acids is 1. The number of nitrogens with one attached hydrogen (secondary N) is 2. The second kappa shape index (κ2) is 7.96. The molecule has 1 fully saturated rings. The highest BCUT2D eigenvalue weighted by atomic mass is 16.5. The van der Waals surface area contributed by atoms with E-state index in [4.69, 9.17) is 9.84 Å². The highest BCUT2D eigenvalue weighted by molar-refractivity contribution is 5.82. The van der Waals surface area contributed by atoms with Crippen molar-refractivity contribution in [2.45, 2.75) is 32.4 Å². The Morgan fingerprint density at radius 1 is 1.47 bits per heavy atom. The monoisotopic (exact) mass is 273 g/mol. The van der Waals surface area contributed by atoms with Crippen molar-refractivity contribution < 1.29 is 19.4 Å². The van der Waals surface area contributed by atoms with Crippen molar-refractivity contribution >= 4 is 12.0 Å². The van der Waals surface area contributed by atoms with Crippen molar-refractivity contribution in [2.24, 2.45) is 0 Å². The molecular weight excluding hydrogens is 250 g/mol. The lowest BCUT2D eigenvalue weighted by atomic mass is 10.2. The summed E-state index contributed by atoms with van der Waals surface area (Å²) in [6, 6.07) is -1.31. The molecule has 2 amide bonds. The van der Waals surface area contributed by atoms with Crippen molar-refractivity contribution in [1.82, 2.24) is 15.5 Å². The van der Waals surface area contributed by atoms with Gasteiger partial charge in [0, 0.05) is 19.6 Å². The van der Waals surface area contributed by atoms with Gasteiger partial charge in [-0.25, -0.2) is 9.59 Å². The van der Waals surface area contributed by atoms with E-state index in [0.717, 1.165) is 19.6 Å². The maximum atomic E-state index is 11.6. The Hall–Kier alpha value is -1.34. The smallest absolute Gasteiger partial charge is 0.326 e. The fourth-order valence-corrected chi connectivity index (χ4v) is 1.95. The fraction of sp³-hybridized carbons (Fsp3) is 0.833. The van der Waals surface area contributed by atoms with Crippen LogP contribution in [0.3, 0.4) is 0 Å². The van der Waals surface area contributed by atoms with Gasteiger partial charge in [-0.3, -0.25) is 4.90 Å². The first kappa shape index (κ1) is 15.7. The highest BCUT2D eigenvalue weighted by Gasteiger charge is 2.21. The molecule has 1 aliphatic rings. The van der Waals surface area contributed by atoms with Crippen LogP contribution in [0.5, 0.6) is 0 Å². The van der Waals surface area contributed by atoms with Gasteiger partial charge in [0.1, 0.15) is 6.04 Å². The maximum Gasteiger partial charge on any atom is 0.326 e.